The smallest absolute Gasteiger partial charge is 0.304 e. The molecule has 96 valence electrons. The van der Waals surface area contributed by atoms with Gasteiger partial charge in [-0.05, 0) is 31.5 Å². The topological polar surface area (TPSA) is 65.1 Å². The maximum absolute atomic E-state index is 10.5. The van der Waals surface area contributed by atoms with E-state index >= 15 is 0 Å². The van der Waals surface area contributed by atoms with Gasteiger partial charge in [0.25, 0.3) is 0 Å². The highest BCUT2D eigenvalue weighted by Crippen LogP contribution is 2.17. The van der Waals surface area contributed by atoms with Gasteiger partial charge in [0, 0.05) is 23.1 Å². The molecule has 1 aromatic carbocycles. The van der Waals surface area contributed by atoms with E-state index in [1.165, 1.54) is 10.9 Å². The summed E-state index contributed by atoms with van der Waals surface area (Å²) in [5, 5.41) is 13.1. The number of para-hydroxylation sites is 1. The predicted octanol–water partition coefficient (Wildman–Crippen LogP) is 2.16. The molecule has 0 fully saturated rings. The average molecular weight is 246 g/mol. The van der Waals surface area contributed by atoms with Gasteiger partial charge in [-0.15, -0.1) is 0 Å². The van der Waals surface area contributed by atoms with Crippen LogP contribution in [0.5, 0.6) is 0 Å². The van der Waals surface area contributed by atoms with Crippen LogP contribution in [0.2, 0.25) is 0 Å². The van der Waals surface area contributed by atoms with E-state index in [0.29, 0.717) is 0 Å². The number of carbonyl (C=O) groups is 1. The lowest BCUT2D eigenvalue weighted by molar-refractivity contribution is -0.137. The van der Waals surface area contributed by atoms with Crippen molar-refractivity contribution in [3.63, 3.8) is 0 Å². The number of carboxylic acids is 1. The van der Waals surface area contributed by atoms with Crippen LogP contribution in [-0.4, -0.2) is 28.6 Å². The van der Waals surface area contributed by atoms with E-state index in [1.807, 2.05) is 25.3 Å². The Labute approximate surface area is 106 Å². The largest absolute Gasteiger partial charge is 0.481 e. The summed E-state index contributed by atoms with van der Waals surface area (Å²) in [4.78, 5) is 13.8. The SMILES string of the molecule is CC(CC(=O)O)NCCc1c[nH]c2ccccc12. The Morgan fingerprint density at radius 3 is 3.00 bits per heavy atom. The molecule has 0 radical (unpaired) electrons. The molecule has 1 aromatic heterocycles. The van der Waals surface area contributed by atoms with Crippen molar-refractivity contribution in [3.8, 4) is 0 Å². The first-order chi connectivity index (χ1) is 8.66. The minimum Gasteiger partial charge on any atom is -0.481 e. The van der Waals surface area contributed by atoms with Crippen molar-refractivity contribution in [1.29, 1.82) is 0 Å². The van der Waals surface area contributed by atoms with Crippen LogP contribution in [0.4, 0.5) is 0 Å². The van der Waals surface area contributed by atoms with Crippen molar-refractivity contribution >= 4 is 16.9 Å². The molecule has 0 bridgehead atoms. The fourth-order valence-electron chi connectivity index (χ4n) is 2.13. The zero-order chi connectivity index (χ0) is 13.0. The number of H-pyrrole nitrogens is 1. The van der Waals surface area contributed by atoms with Gasteiger partial charge in [0.05, 0.1) is 6.42 Å². The molecule has 2 aromatic rings. The molecule has 0 aliphatic heterocycles. The Morgan fingerprint density at radius 1 is 1.44 bits per heavy atom. The minimum absolute atomic E-state index is 0.00714. The van der Waals surface area contributed by atoms with Crippen molar-refractivity contribution in [2.75, 3.05) is 6.54 Å². The van der Waals surface area contributed by atoms with Crippen LogP contribution in [0.25, 0.3) is 10.9 Å². The van der Waals surface area contributed by atoms with Crippen LogP contribution < -0.4 is 5.32 Å². The van der Waals surface area contributed by atoms with Crippen LogP contribution in [-0.2, 0) is 11.2 Å². The predicted molar refractivity (Wildman–Crippen MR) is 71.7 cm³/mol. The molecule has 4 nitrogen and oxygen atoms in total. The number of rotatable bonds is 6. The standard InChI is InChI=1S/C14H18N2O2/c1-10(8-14(17)18)15-7-6-11-9-16-13-5-3-2-4-12(11)13/h2-5,9-10,15-16H,6-8H2,1H3,(H,17,18). The summed E-state index contributed by atoms with van der Waals surface area (Å²) in [6, 6.07) is 8.20. The van der Waals surface area contributed by atoms with Gasteiger partial charge in [-0.1, -0.05) is 18.2 Å². The Hall–Kier alpha value is -1.81. The highest BCUT2D eigenvalue weighted by atomic mass is 16.4. The van der Waals surface area contributed by atoms with Gasteiger partial charge >= 0.3 is 5.97 Å². The molecule has 0 aliphatic carbocycles. The fraction of sp³-hybridized carbons (Fsp3) is 0.357. The summed E-state index contributed by atoms with van der Waals surface area (Å²) >= 11 is 0. The molecular formula is C14H18N2O2. The van der Waals surface area contributed by atoms with Gasteiger partial charge in [-0.2, -0.15) is 0 Å². The van der Waals surface area contributed by atoms with E-state index in [2.05, 4.69) is 22.4 Å². The van der Waals surface area contributed by atoms with Gasteiger partial charge in [0.1, 0.15) is 0 Å². The average Bonchev–Trinajstić information content (AvgIpc) is 2.72. The maximum Gasteiger partial charge on any atom is 0.304 e. The number of benzene rings is 1. The van der Waals surface area contributed by atoms with Crippen LogP contribution in [0.3, 0.4) is 0 Å². The van der Waals surface area contributed by atoms with E-state index in [1.54, 1.807) is 0 Å². The van der Waals surface area contributed by atoms with E-state index < -0.39 is 5.97 Å². The number of hydrogen-bond acceptors (Lipinski definition) is 2. The van der Waals surface area contributed by atoms with Gasteiger partial charge in [-0.3, -0.25) is 4.79 Å². The van der Waals surface area contributed by atoms with Crippen molar-refractivity contribution in [1.82, 2.24) is 10.3 Å². The molecule has 0 spiro atoms. The summed E-state index contributed by atoms with van der Waals surface area (Å²) in [6.07, 6.45) is 3.08. The Balaban J connectivity index is 1.89. The Bertz CT molecular complexity index is 533. The highest BCUT2D eigenvalue weighted by molar-refractivity contribution is 5.83. The monoisotopic (exact) mass is 246 g/mol. The molecule has 4 heteroatoms. The fourth-order valence-corrected chi connectivity index (χ4v) is 2.13. The van der Waals surface area contributed by atoms with E-state index in [9.17, 15) is 4.79 Å². The molecule has 18 heavy (non-hydrogen) atoms. The second-order valence-electron chi connectivity index (χ2n) is 4.56. The summed E-state index contributed by atoms with van der Waals surface area (Å²) in [5.41, 5.74) is 2.41. The molecular weight excluding hydrogens is 228 g/mol. The maximum atomic E-state index is 10.5. The quantitative estimate of drug-likeness (QED) is 0.731. The van der Waals surface area contributed by atoms with Crippen LogP contribution in [0, 0.1) is 0 Å². The molecule has 0 saturated heterocycles. The van der Waals surface area contributed by atoms with Crippen LogP contribution in [0.1, 0.15) is 18.9 Å². The lowest BCUT2D eigenvalue weighted by atomic mass is 10.1. The van der Waals surface area contributed by atoms with E-state index in [-0.39, 0.29) is 12.5 Å². The van der Waals surface area contributed by atoms with Gasteiger partial charge < -0.3 is 15.4 Å². The normalized spacial score (nSPS) is 12.7. The number of fused-ring (bicyclic) bond motifs is 1. The van der Waals surface area contributed by atoms with Crippen LogP contribution in [0.15, 0.2) is 30.5 Å². The third kappa shape index (κ3) is 3.11. The minimum atomic E-state index is -0.762. The van der Waals surface area contributed by atoms with Crippen LogP contribution >= 0.6 is 0 Å². The molecule has 0 aliphatic rings. The zero-order valence-corrected chi connectivity index (χ0v) is 10.4. The highest BCUT2D eigenvalue weighted by Gasteiger charge is 2.07. The number of aliphatic carboxylic acids is 1. The first-order valence-electron chi connectivity index (χ1n) is 6.17. The Kier molecular flexibility index (Phi) is 3.99. The number of carboxylic acid groups (broad SMARTS) is 1. The number of aromatic amines is 1. The van der Waals surface area contributed by atoms with E-state index in [0.717, 1.165) is 18.5 Å². The van der Waals surface area contributed by atoms with Crippen molar-refractivity contribution < 1.29 is 9.90 Å². The number of aromatic nitrogens is 1. The molecule has 1 unspecified atom stereocenters. The lowest BCUT2D eigenvalue weighted by Crippen LogP contribution is -2.30. The molecule has 1 atom stereocenters. The van der Waals surface area contributed by atoms with Crippen molar-refractivity contribution in [2.24, 2.45) is 0 Å². The van der Waals surface area contributed by atoms with Gasteiger partial charge in [0.15, 0.2) is 0 Å². The molecule has 0 saturated carbocycles. The van der Waals surface area contributed by atoms with Crippen molar-refractivity contribution in [2.45, 2.75) is 25.8 Å². The van der Waals surface area contributed by atoms with Gasteiger partial charge in [-0.25, -0.2) is 0 Å². The molecule has 2 rings (SSSR count). The van der Waals surface area contributed by atoms with E-state index in [4.69, 9.17) is 5.11 Å². The third-order valence-corrected chi connectivity index (χ3v) is 3.04. The zero-order valence-electron chi connectivity index (χ0n) is 10.4. The second-order valence-corrected chi connectivity index (χ2v) is 4.56. The second kappa shape index (κ2) is 5.69. The first-order valence-corrected chi connectivity index (χ1v) is 6.17. The molecule has 3 N–H and O–H groups in total. The molecule has 0 amide bonds. The number of nitrogens with one attached hydrogen (secondary N) is 2. The first kappa shape index (κ1) is 12.6. The van der Waals surface area contributed by atoms with Crippen molar-refractivity contribution in [3.05, 3.63) is 36.0 Å². The third-order valence-electron chi connectivity index (χ3n) is 3.04. The summed E-state index contributed by atoms with van der Waals surface area (Å²) < 4.78 is 0. The summed E-state index contributed by atoms with van der Waals surface area (Å²) in [6.45, 7) is 2.68. The lowest BCUT2D eigenvalue weighted by Gasteiger charge is -2.10. The summed E-state index contributed by atoms with van der Waals surface area (Å²) in [7, 11) is 0. The Morgan fingerprint density at radius 2 is 2.22 bits per heavy atom. The van der Waals surface area contributed by atoms with Gasteiger partial charge in [0.2, 0.25) is 0 Å². The summed E-state index contributed by atoms with van der Waals surface area (Å²) in [5.74, 6) is -0.762. The molecule has 1 heterocycles. The number of hydrogen-bond donors (Lipinski definition) is 3.